The Bertz CT molecular complexity index is 693. The average molecular weight is 408 g/mol. The third-order valence-electron chi connectivity index (χ3n) is 3.96. The standard InChI is InChI=1S/C16H25N3O5S.ClH/c1-2-24-9-8-18-15(20)13-4-3-5-14(10-13)25(22,23)19-12-16(21)6-7-17-11-16;/h3-5,10,17,19,21H,2,6-9,11-12H2,1H3,(H,18,20);1H. The predicted octanol–water partition coefficient (Wildman–Crippen LogP) is -0.123. The summed E-state index contributed by atoms with van der Waals surface area (Å²) in [4.78, 5) is 12.1. The normalized spacial score (nSPS) is 19.8. The Kier molecular flexibility index (Phi) is 8.94. The number of β-amino-alcohol motifs (C(OH)–C–C–N with tert-alkyl or cyclic N) is 1. The first kappa shape index (κ1) is 22.8. The van der Waals surface area contributed by atoms with Crippen LogP contribution in [0.1, 0.15) is 23.7 Å². The van der Waals surface area contributed by atoms with Crippen molar-refractivity contribution in [3.63, 3.8) is 0 Å². The van der Waals surface area contributed by atoms with Crippen LogP contribution in [-0.4, -0.2) is 64.4 Å². The Hall–Kier alpha value is -1.23. The minimum atomic E-state index is -3.81. The Morgan fingerprint density at radius 2 is 2.19 bits per heavy atom. The van der Waals surface area contributed by atoms with Gasteiger partial charge in [-0.2, -0.15) is 0 Å². The molecule has 148 valence electrons. The van der Waals surface area contributed by atoms with E-state index < -0.39 is 15.6 Å². The van der Waals surface area contributed by atoms with E-state index in [0.29, 0.717) is 39.3 Å². The van der Waals surface area contributed by atoms with Crippen LogP contribution in [0.3, 0.4) is 0 Å². The van der Waals surface area contributed by atoms with E-state index in [2.05, 4.69) is 15.4 Å². The SMILES string of the molecule is CCOCCNC(=O)c1cccc(S(=O)(=O)NCC2(O)CCNC2)c1.Cl. The Labute approximate surface area is 160 Å². The highest BCUT2D eigenvalue weighted by Crippen LogP contribution is 2.16. The molecule has 1 heterocycles. The van der Waals surface area contributed by atoms with Gasteiger partial charge in [-0.3, -0.25) is 4.79 Å². The van der Waals surface area contributed by atoms with Crippen molar-refractivity contribution in [3.8, 4) is 0 Å². The number of amides is 1. The molecule has 4 N–H and O–H groups in total. The first-order valence-electron chi connectivity index (χ1n) is 8.25. The molecule has 1 unspecified atom stereocenters. The molecule has 0 aliphatic carbocycles. The van der Waals surface area contributed by atoms with Gasteiger partial charge in [-0.05, 0) is 38.1 Å². The fourth-order valence-electron chi connectivity index (χ4n) is 2.48. The maximum absolute atomic E-state index is 12.4. The van der Waals surface area contributed by atoms with Crippen molar-refractivity contribution in [2.75, 3.05) is 39.4 Å². The summed E-state index contributed by atoms with van der Waals surface area (Å²) in [6.45, 7) is 4.09. The molecule has 2 rings (SSSR count). The summed E-state index contributed by atoms with van der Waals surface area (Å²) in [5, 5.41) is 15.9. The van der Waals surface area contributed by atoms with Gasteiger partial charge < -0.3 is 20.5 Å². The number of aliphatic hydroxyl groups is 1. The second-order valence-electron chi connectivity index (χ2n) is 5.96. The minimum absolute atomic E-state index is 0. The predicted molar refractivity (Wildman–Crippen MR) is 100 cm³/mol. The molecule has 1 amide bonds. The number of hydrogen-bond acceptors (Lipinski definition) is 6. The number of halogens is 1. The molecule has 1 fully saturated rings. The van der Waals surface area contributed by atoms with Gasteiger partial charge in [-0.1, -0.05) is 6.07 Å². The van der Waals surface area contributed by atoms with Crippen LogP contribution in [0, 0.1) is 0 Å². The quantitative estimate of drug-likeness (QED) is 0.424. The van der Waals surface area contributed by atoms with E-state index in [4.69, 9.17) is 4.74 Å². The zero-order valence-corrected chi connectivity index (χ0v) is 16.3. The zero-order valence-electron chi connectivity index (χ0n) is 14.7. The molecule has 1 atom stereocenters. The molecule has 0 aromatic heterocycles. The lowest BCUT2D eigenvalue weighted by molar-refractivity contribution is 0.0667. The lowest BCUT2D eigenvalue weighted by Gasteiger charge is -2.21. The summed E-state index contributed by atoms with van der Waals surface area (Å²) in [7, 11) is -3.81. The van der Waals surface area contributed by atoms with Crippen LogP contribution >= 0.6 is 12.4 Å². The van der Waals surface area contributed by atoms with Crippen molar-refractivity contribution in [1.29, 1.82) is 0 Å². The minimum Gasteiger partial charge on any atom is -0.387 e. The van der Waals surface area contributed by atoms with E-state index in [1.165, 1.54) is 18.2 Å². The number of nitrogens with one attached hydrogen (secondary N) is 3. The van der Waals surface area contributed by atoms with E-state index >= 15 is 0 Å². The Morgan fingerprint density at radius 3 is 2.85 bits per heavy atom. The van der Waals surface area contributed by atoms with Crippen LogP contribution in [0.2, 0.25) is 0 Å². The number of carbonyl (C=O) groups is 1. The van der Waals surface area contributed by atoms with Gasteiger partial charge in [0.25, 0.3) is 5.91 Å². The van der Waals surface area contributed by atoms with Gasteiger partial charge in [0.2, 0.25) is 10.0 Å². The third kappa shape index (κ3) is 6.49. The zero-order chi connectivity index (χ0) is 18.3. The summed E-state index contributed by atoms with van der Waals surface area (Å²) in [5.74, 6) is -0.365. The highest BCUT2D eigenvalue weighted by atomic mass is 35.5. The molecular weight excluding hydrogens is 382 g/mol. The Morgan fingerprint density at radius 1 is 1.42 bits per heavy atom. The van der Waals surface area contributed by atoms with Crippen LogP contribution in [0.4, 0.5) is 0 Å². The van der Waals surface area contributed by atoms with Gasteiger partial charge in [0.15, 0.2) is 0 Å². The molecule has 0 bridgehead atoms. The average Bonchev–Trinajstić information content (AvgIpc) is 3.04. The van der Waals surface area contributed by atoms with Crippen LogP contribution in [0.15, 0.2) is 29.2 Å². The van der Waals surface area contributed by atoms with Gasteiger partial charge >= 0.3 is 0 Å². The first-order valence-corrected chi connectivity index (χ1v) is 9.73. The van der Waals surface area contributed by atoms with E-state index in [9.17, 15) is 18.3 Å². The largest absolute Gasteiger partial charge is 0.387 e. The molecule has 1 aliphatic heterocycles. The van der Waals surface area contributed by atoms with Crippen molar-refractivity contribution in [1.82, 2.24) is 15.4 Å². The number of hydrogen-bond donors (Lipinski definition) is 4. The van der Waals surface area contributed by atoms with Gasteiger partial charge in [0, 0.05) is 31.8 Å². The highest BCUT2D eigenvalue weighted by Gasteiger charge is 2.32. The smallest absolute Gasteiger partial charge is 0.251 e. The first-order chi connectivity index (χ1) is 11.9. The topological polar surface area (TPSA) is 117 Å². The number of sulfonamides is 1. The molecule has 0 saturated carbocycles. The Balaban J connectivity index is 0.00000338. The molecular formula is C16H26ClN3O5S. The fourth-order valence-corrected chi connectivity index (χ4v) is 3.65. The monoisotopic (exact) mass is 407 g/mol. The fraction of sp³-hybridized carbons (Fsp3) is 0.562. The lowest BCUT2D eigenvalue weighted by atomic mass is 10.1. The second-order valence-corrected chi connectivity index (χ2v) is 7.72. The van der Waals surface area contributed by atoms with Gasteiger partial charge in [-0.15, -0.1) is 12.4 Å². The van der Waals surface area contributed by atoms with Crippen LogP contribution in [0.25, 0.3) is 0 Å². The number of rotatable bonds is 9. The van der Waals surface area contributed by atoms with Gasteiger partial charge in [-0.25, -0.2) is 13.1 Å². The molecule has 1 aromatic rings. The summed E-state index contributed by atoms with van der Waals surface area (Å²) in [6, 6.07) is 5.78. The molecule has 0 spiro atoms. The molecule has 1 aliphatic rings. The van der Waals surface area contributed by atoms with Crippen LogP contribution < -0.4 is 15.4 Å². The second kappa shape index (κ2) is 10.2. The van der Waals surface area contributed by atoms with Crippen LogP contribution in [-0.2, 0) is 14.8 Å². The maximum atomic E-state index is 12.4. The van der Waals surface area contributed by atoms with Crippen molar-refractivity contribution in [2.45, 2.75) is 23.8 Å². The third-order valence-corrected chi connectivity index (χ3v) is 5.35. The van der Waals surface area contributed by atoms with E-state index in [0.717, 1.165) is 0 Å². The number of benzene rings is 1. The summed E-state index contributed by atoms with van der Waals surface area (Å²) in [5.41, 5.74) is -0.831. The summed E-state index contributed by atoms with van der Waals surface area (Å²) < 4.78 is 32.4. The maximum Gasteiger partial charge on any atom is 0.251 e. The van der Waals surface area contributed by atoms with Crippen molar-refractivity contribution >= 4 is 28.3 Å². The van der Waals surface area contributed by atoms with E-state index in [-0.39, 0.29) is 35.3 Å². The van der Waals surface area contributed by atoms with E-state index in [1.54, 1.807) is 6.07 Å². The van der Waals surface area contributed by atoms with Crippen LogP contribution in [0.5, 0.6) is 0 Å². The molecule has 8 nitrogen and oxygen atoms in total. The lowest BCUT2D eigenvalue weighted by Crippen LogP contribution is -2.44. The summed E-state index contributed by atoms with van der Waals surface area (Å²) >= 11 is 0. The molecule has 1 saturated heterocycles. The number of carbonyl (C=O) groups excluding carboxylic acids is 1. The number of ether oxygens (including phenoxy) is 1. The highest BCUT2D eigenvalue weighted by molar-refractivity contribution is 7.89. The van der Waals surface area contributed by atoms with Crippen molar-refractivity contribution in [2.24, 2.45) is 0 Å². The van der Waals surface area contributed by atoms with Gasteiger partial charge in [0.1, 0.15) is 0 Å². The summed E-state index contributed by atoms with van der Waals surface area (Å²) in [6.07, 6.45) is 0.484. The molecule has 10 heteroatoms. The molecule has 1 aromatic carbocycles. The van der Waals surface area contributed by atoms with Crippen molar-refractivity contribution < 1.29 is 23.1 Å². The van der Waals surface area contributed by atoms with Crippen molar-refractivity contribution in [3.05, 3.63) is 29.8 Å². The molecule has 26 heavy (non-hydrogen) atoms. The van der Waals surface area contributed by atoms with Gasteiger partial charge in [0.05, 0.1) is 17.1 Å². The van der Waals surface area contributed by atoms with E-state index in [1.807, 2.05) is 6.92 Å². The molecule has 0 radical (unpaired) electrons.